The fourth-order valence-electron chi connectivity index (χ4n) is 2.69. The van der Waals surface area contributed by atoms with Crippen molar-refractivity contribution < 1.29 is 9.46 Å². The van der Waals surface area contributed by atoms with Gasteiger partial charge in [0.15, 0.2) is 0 Å². The molecule has 2 rings (SSSR count). The van der Waals surface area contributed by atoms with Crippen molar-refractivity contribution in [3.05, 3.63) is 36.0 Å². The van der Waals surface area contributed by atoms with Gasteiger partial charge in [0.2, 0.25) is 7.37 Å². The minimum absolute atomic E-state index is 0.274. The zero-order valence-corrected chi connectivity index (χ0v) is 12.5. The fourth-order valence-corrected chi connectivity index (χ4v) is 4.78. The van der Waals surface area contributed by atoms with Crippen LogP contribution < -0.4 is 0 Å². The Morgan fingerprint density at radius 2 is 2.16 bits per heavy atom. The predicted molar refractivity (Wildman–Crippen MR) is 80.8 cm³/mol. The first kappa shape index (κ1) is 14.4. The third kappa shape index (κ3) is 3.71. The van der Waals surface area contributed by atoms with E-state index in [1.54, 1.807) is 0 Å². The molecule has 1 aromatic heterocycles. The maximum Gasteiger partial charge on any atom is 0.205 e. The first-order valence-corrected chi connectivity index (χ1v) is 8.90. The van der Waals surface area contributed by atoms with E-state index in [4.69, 9.17) is 0 Å². The molecule has 4 heteroatoms. The number of aromatic nitrogens is 1. The third-order valence-corrected chi connectivity index (χ3v) is 5.51. The van der Waals surface area contributed by atoms with E-state index in [-0.39, 0.29) is 6.16 Å². The number of nitrogens with one attached hydrogen (secondary N) is 1. The van der Waals surface area contributed by atoms with Gasteiger partial charge in [-0.1, -0.05) is 38.8 Å². The number of hydrogen-bond acceptors (Lipinski definition) is 1. The Morgan fingerprint density at radius 1 is 1.37 bits per heavy atom. The molecule has 2 N–H and O–H groups in total. The highest BCUT2D eigenvalue weighted by molar-refractivity contribution is 7.57. The Hall–Kier alpha value is -1.05. The van der Waals surface area contributed by atoms with Crippen molar-refractivity contribution >= 4 is 18.3 Å². The molecule has 104 valence electrons. The quantitative estimate of drug-likeness (QED) is 0.771. The van der Waals surface area contributed by atoms with Gasteiger partial charge in [-0.2, -0.15) is 0 Å². The normalized spacial score (nSPS) is 16.4. The first-order chi connectivity index (χ1) is 9.02. The standard InChI is InChI=1S/C15H22NO2P/c1-3-5-12(2)10-19(17,18)11-13-6-4-7-15-14(13)8-9-16-15/h4,6-9,12,16H,3,5,10-11H2,1-2H3,(H,17,18). The molecule has 0 bridgehead atoms. The molecule has 0 saturated heterocycles. The zero-order chi connectivity index (χ0) is 13.9. The summed E-state index contributed by atoms with van der Waals surface area (Å²) in [6.45, 7) is 4.17. The molecule has 0 spiro atoms. The number of fused-ring (bicyclic) bond motifs is 1. The summed E-state index contributed by atoms with van der Waals surface area (Å²) in [5.74, 6) is 0.311. The molecular formula is C15H22NO2P. The molecule has 2 atom stereocenters. The lowest BCUT2D eigenvalue weighted by molar-refractivity contribution is 0.457. The van der Waals surface area contributed by atoms with E-state index in [1.807, 2.05) is 30.5 Å². The van der Waals surface area contributed by atoms with Gasteiger partial charge in [-0.25, -0.2) is 0 Å². The number of hydrogen-bond donors (Lipinski definition) is 2. The van der Waals surface area contributed by atoms with E-state index in [1.165, 1.54) is 0 Å². The van der Waals surface area contributed by atoms with Crippen molar-refractivity contribution in [2.45, 2.75) is 32.9 Å². The number of aromatic amines is 1. The molecule has 1 aromatic carbocycles. The van der Waals surface area contributed by atoms with Crippen molar-refractivity contribution in [1.29, 1.82) is 0 Å². The van der Waals surface area contributed by atoms with Crippen LogP contribution in [0.25, 0.3) is 10.9 Å². The summed E-state index contributed by atoms with van der Waals surface area (Å²) in [7, 11) is -3.09. The molecule has 0 aliphatic rings. The van der Waals surface area contributed by atoms with Gasteiger partial charge in [-0.05, 0) is 23.6 Å². The Kier molecular flexibility index (Phi) is 4.49. The maximum atomic E-state index is 12.4. The van der Waals surface area contributed by atoms with Gasteiger partial charge in [-0.3, -0.25) is 4.57 Å². The smallest absolute Gasteiger partial charge is 0.205 e. The van der Waals surface area contributed by atoms with E-state index in [0.29, 0.717) is 12.1 Å². The lowest BCUT2D eigenvalue weighted by Gasteiger charge is -2.17. The van der Waals surface area contributed by atoms with Crippen LogP contribution in [0.4, 0.5) is 0 Å². The highest BCUT2D eigenvalue weighted by Gasteiger charge is 2.22. The van der Waals surface area contributed by atoms with E-state index in [9.17, 15) is 9.46 Å². The van der Waals surface area contributed by atoms with Crippen LogP contribution in [0.1, 0.15) is 32.3 Å². The van der Waals surface area contributed by atoms with Gasteiger partial charge in [-0.15, -0.1) is 0 Å². The molecular weight excluding hydrogens is 257 g/mol. The number of rotatable bonds is 6. The molecule has 2 unspecified atom stereocenters. The summed E-state index contributed by atoms with van der Waals surface area (Å²) in [5.41, 5.74) is 1.99. The SMILES string of the molecule is CCCC(C)CP(=O)(O)Cc1cccc2[nH]ccc12. The Morgan fingerprint density at radius 3 is 2.89 bits per heavy atom. The highest BCUT2D eigenvalue weighted by atomic mass is 31.2. The van der Waals surface area contributed by atoms with Gasteiger partial charge >= 0.3 is 0 Å². The number of H-pyrrole nitrogens is 1. The molecule has 19 heavy (non-hydrogen) atoms. The van der Waals surface area contributed by atoms with Crippen LogP contribution in [-0.4, -0.2) is 16.0 Å². The van der Waals surface area contributed by atoms with Gasteiger partial charge in [0.05, 0.1) is 6.16 Å². The summed E-state index contributed by atoms with van der Waals surface area (Å²) in [4.78, 5) is 13.3. The van der Waals surface area contributed by atoms with Gasteiger partial charge in [0.1, 0.15) is 0 Å². The zero-order valence-electron chi connectivity index (χ0n) is 11.6. The lowest BCUT2D eigenvalue weighted by Crippen LogP contribution is -2.04. The average molecular weight is 279 g/mol. The molecule has 1 heterocycles. The van der Waals surface area contributed by atoms with Crippen LogP contribution >= 0.6 is 7.37 Å². The largest absolute Gasteiger partial charge is 0.361 e. The van der Waals surface area contributed by atoms with Crippen LogP contribution in [0.3, 0.4) is 0 Å². The summed E-state index contributed by atoms with van der Waals surface area (Å²) in [6, 6.07) is 7.84. The molecule has 0 fully saturated rings. The second-order valence-electron chi connectivity index (χ2n) is 5.44. The topological polar surface area (TPSA) is 53.1 Å². The maximum absolute atomic E-state index is 12.4. The predicted octanol–water partition coefficient (Wildman–Crippen LogP) is 4.37. The molecule has 2 aromatic rings. The lowest BCUT2D eigenvalue weighted by atomic mass is 10.1. The second-order valence-corrected chi connectivity index (χ2v) is 7.81. The van der Waals surface area contributed by atoms with Crippen molar-refractivity contribution in [3.8, 4) is 0 Å². The Bertz CT molecular complexity index is 591. The van der Waals surface area contributed by atoms with E-state index in [2.05, 4.69) is 18.8 Å². The molecule has 0 aliphatic heterocycles. The van der Waals surface area contributed by atoms with Crippen LogP contribution in [0.5, 0.6) is 0 Å². The second kappa shape index (κ2) is 5.94. The molecule has 0 saturated carbocycles. The summed E-state index contributed by atoms with van der Waals surface area (Å²) < 4.78 is 12.4. The number of benzene rings is 1. The van der Waals surface area contributed by atoms with E-state index < -0.39 is 7.37 Å². The minimum Gasteiger partial charge on any atom is -0.361 e. The highest BCUT2D eigenvalue weighted by Crippen LogP contribution is 2.47. The first-order valence-electron chi connectivity index (χ1n) is 6.87. The fraction of sp³-hybridized carbons (Fsp3) is 0.467. The Labute approximate surface area is 114 Å². The third-order valence-electron chi connectivity index (χ3n) is 3.48. The summed E-state index contributed by atoms with van der Waals surface area (Å²) >= 11 is 0. The van der Waals surface area contributed by atoms with Gasteiger partial charge < -0.3 is 9.88 Å². The molecule has 0 aliphatic carbocycles. The average Bonchev–Trinajstić information content (AvgIpc) is 2.77. The van der Waals surface area contributed by atoms with Crippen LogP contribution in [-0.2, 0) is 10.7 Å². The van der Waals surface area contributed by atoms with Gasteiger partial charge in [0.25, 0.3) is 0 Å². The van der Waals surface area contributed by atoms with Crippen LogP contribution in [0.15, 0.2) is 30.5 Å². The van der Waals surface area contributed by atoms with Crippen molar-refractivity contribution in [2.75, 3.05) is 6.16 Å². The van der Waals surface area contributed by atoms with Crippen LogP contribution in [0, 0.1) is 5.92 Å². The monoisotopic (exact) mass is 279 g/mol. The minimum atomic E-state index is -3.09. The van der Waals surface area contributed by atoms with Crippen molar-refractivity contribution in [3.63, 3.8) is 0 Å². The molecule has 0 amide bonds. The summed E-state index contributed by atoms with van der Waals surface area (Å²) in [5, 5.41) is 1.06. The van der Waals surface area contributed by atoms with Crippen molar-refractivity contribution in [2.24, 2.45) is 5.92 Å². The van der Waals surface area contributed by atoms with E-state index >= 15 is 0 Å². The Balaban J connectivity index is 2.15. The van der Waals surface area contributed by atoms with Crippen molar-refractivity contribution in [1.82, 2.24) is 4.98 Å². The van der Waals surface area contributed by atoms with E-state index in [0.717, 1.165) is 29.3 Å². The van der Waals surface area contributed by atoms with Gasteiger partial charge in [0, 0.05) is 23.3 Å². The molecule has 0 radical (unpaired) electrons. The summed E-state index contributed by atoms with van der Waals surface area (Å²) in [6.07, 6.45) is 4.64. The van der Waals surface area contributed by atoms with Crippen LogP contribution in [0.2, 0.25) is 0 Å². The molecule has 3 nitrogen and oxygen atoms in total.